The van der Waals surface area contributed by atoms with E-state index in [1.54, 1.807) is 30.5 Å². The Labute approximate surface area is 167 Å². The number of aromatic nitrogens is 2. The van der Waals surface area contributed by atoms with Gasteiger partial charge in [-0.05, 0) is 42.0 Å². The molecule has 0 saturated carbocycles. The third kappa shape index (κ3) is 4.60. The van der Waals surface area contributed by atoms with Gasteiger partial charge in [0, 0.05) is 37.5 Å². The molecular weight excluding hydrogens is 369 g/mol. The molecule has 2 heterocycles. The average molecular weight is 389 g/mol. The quantitative estimate of drug-likeness (QED) is 0.513. The van der Waals surface area contributed by atoms with Crippen molar-refractivity contribution in [2.45, 2.75) is 13.0 Å². The average Bonchev–Trinajstić information content (AvgIpc) is 3.39. The van der Waals surface area contributed by atoms with Crippen LogP contribution < -0.4 is 5.32 Å². The number of hydrogen-bond donors (Lipinski definition) is 1. The molecule has 146 valence electrons. The summed E-state index contributed by atoms with van der Waals surface area (Å²) in [6.07, 6.45) is 4.31. The molecule has 29 heavy (non-hydrogen) atoms. The molecule has 1 N–H and O–H groups in total. The van der Waals surface area contributed by atoms with Crippen LogP contribution in [0.15, 0.2) is 83.5 Å². The highest BCUT2D eigenvalue weighted by atomic mass is 19.1. The highest BCUT2D eigenvalue weighted by Crippen LogP contribution is 2.22. The Morgan fingerprint density at radius 3 is 2.62 bits per heavy atom. The number of rotatable bonds is 7. The SMILES string of the molecule is O=C(NCCc1nccn1Cc1ccccc1)c1ccc(-c2ccc(F)cc2)o1. The van der Waals surface area contributed by atoms with E-state index in [0.717, 1.165) is 12.4 Å². The number of imidazole rings is 1. The van der Waals surface area contributed by atoms with Crippen molar-refractivity contribution in [1.82, 2.24) is 14.9 Å². The number of benzene rings is 2. The molecule has 2 aromatic carbocycles. The molecular formula is C23H20FN3O2. The second-order valence-corrected chi connectivity index (χ2v) is 6.63. The second-order valence-electron chi connectivity index (χ2n) is 6.63. The largest absolute Gasteiger partial charge is 0.451 e. The van der Waals surface area contributed by atoms with Crippen molar-refractivity contribution in [2.24, 2.45) is 0 Å². The Balaban J connectivity index is 1.33. The van der Waals surface area contributed by atoms with Crippen LogP contribution >= 0.6 is 0 Å². The predicted molar refractivity (Wildman–Crippen MR) is 108 cm³/mol. The van der Waals surface area contributed by atoms with Gasteiger partial charge >= 0.3 is 0 Å². The summed E-state index contributed by atoms with van der Waals surface area (Å²) in [5.41, 5.74) is 1.91. The molecule has 0 fully saturated rings. The van der Waals surface area contributed by atoms with Crippen molar-refractivity contribution in [2.75, 3.05) is 6.54 Å². The molecule has 0 saturated heterocycles. The molecule has 0 bridgehead atoms. The number of nitrogens with zero attached hydrogens (tertiary/aromatic N) is 2. The van der Waals surface area contributed by atoms with Gasteiger partial charge in [-0.3, -0.25) is 4.79 Å². The molecule has 0 unspecified atom stereocenters. The normalized spacial score (nSPS) is 10.8. The molecule has 0 spiro atoms. The summed E-state index contributed by atoms with van der Waals surface area (Å²) in [5, 5.41) is 2.86. The van der Waals surface area contributed by atoms with Gasteiger partial charge in [0.2, 0.25) is 0 Å². The van der Waals surface area contributed by atoms with Gasteiger partial charge < -0.3 is 14.3 Å². The van der Waals surface area contributed by atoms with Crippen molar-refractivity contribution in [1.29, 1.82) is 0 Å². The van der Waals surface area contributed by atoms with Gasteiger partial charge in [0.15, 0.2) is 5.76 Å². The fourth-order valence-corrected chi connectivity index (χ4v) is 3.10. The van der Waals surface area contributed by atoms with Gasteiger partial charge in [0.05, 0.1) is 0 Å². The second kappa shape index (κ2) is 8.56. The lowest BCUT2D eigenvalue weighted by Gasteiger charge is -2.08. The van der Waals surface area contributed by atoms with Crippen molar-refractivity contribution in [3.63, 3.8) is 0 Å². The number of carbonyl (C=O) groups excluding carboxylic acids is 1. The third-order valence-corrected chi connectivity index (χ3v) is 4.59. The van der Waals surface area contributed by atoms with Gasteiger partial charge in [0.1, 0.15) is 17.4 Å². The molecule has 0 atom stereocenters. The molecule has 0 aliphatic heterocycles. The Morgan fingerprint density at radius 1 is 1.03 bits per heavy atom. The molecule has 0 radical (unpaired) electrons. The van der Waals surface area contributed by atoms with Gasteiger partial charge in [0.25, 0.3) is 5.91 Å². The smallest absolute Gasteiger partial charge is 0.287 e. The Morgan fingerprint density at radius 2 is 1.83 bits per heavy atom. The van der Waals surface area contributed by atoms with E-state index in [9.17, 15) is 9.18 Å². The monoisotopic (exact) mass is 389 g/mol. The maximum Gasteiger partial charge on any atom is 0.287 e. The van der Waals surface area contributed by atoms with E-state index >= 15 is 0 Å². The summed E-state index contributed by atoms with van der Waals surface area (Å²) in [5.74, 6) is 1.04. The summed E-state index contributed by atoms with van der Waals surface area (Å²) < 4.78 is 20.7. The van der Waals surface area contributed by atoms with Crippen molar-refractivity contribution in [3.8, 4) is 11.3 Å². The van der Waals surface area contributed by atoms with Crippen LogP contribution in [0.1, 0.15) is 21.9 Å². The number of amides is 1. The zero-order valence-electron chi connectivity index (χ0n) is 15.7. The maximum atomic E-state index is 13.0. The van der Waals surface area contributed by atoms with Crippen molar-refractivity contribution < 1.29 is 13.6 Å². The summed E-state index contributed by atoms with van der Waals surface area (Å²) in [4.78, 5) is 16.7. The van der Waals surface area contributed by atoms with Crippen molar-refractivity contribution >= 4 is 5.91 Å². The Bertz CT molecular complexity index is 1080. The fraction of sp³-hybridized carbons (Fsp3) is 0.130. The van der Waals surface area contributed by atoms with Crippen LogP contribution in [0.25, 0.3) is 11.3 Å². The third-order valence-electron chi connectivity index (χ3n) is 4.59. The summed E-state index contributed by atoms with van der Waals surface area (Å²) in [6.45, 7) is 1.18. The van der Waals surface area contributed by atoms with Crippen LogP contribution in [0, 0.1) is 5.82 Å². The van der Waals surface area contributed by atoms with E-state index < -0.39 is 0 Å². The number of hydrogen-bond acceptors (Lipinski definition) is 3. The van der Waals surface area contributed by atoms with Gasteiger partial charge in [-0.25, -0.2) is 9.37 Å². The first-order chi connectivity index (χ1) is 14.2. The number of halogens is 1. The van der Waals surface area contributed by atoms with Crippen molar-refractivity contribution in [3.05, 3.63) is 102 Å². The van der Waals surface area contributed by atoms with Crippen LogP contribution in [0.2, 0.25) is 0 Å². The molecule has 4 rings (SSSR count). The maximum absolute atomic E-state index is 13.0. The van der Waals surface area contributed by atoms with Crippen LogP contribution in [0.5, 0.6) is 0 Å². The highest BCUT2D eigenvalue weighted by molar-refractivity contribution is 5.92. The minimum atomic E-state index is -0.316. The van der Waals surface area contributed by atoms with Gasteiger partial charge in [-0.2, -0.15) is 0 Å². The lowest BCUT2D eigenvalue weighted by Crippen LogP contribution is -2.26. The van der Waals surface area contributed by atoms with E-state index in [-0.39, 0.29) is 17.5 Å². The first-order valence-corrected chi connectivity index (χ1v) is 9.37. The number of nitrogens with one attached hydrogen (secondary N) is 1. The lowest BCUT2D eigenvalue weighted by molar-refractivity contribution is 0.0927. The first kappa shape index (κ1) is 18.7. The molecule has 0 aliphatic rings. The van der Waals surface area contributed by atoms with E-state index in [1.807, 2.05) is 24.4 Å². The van der Waals surface area contributed by atoms with Gasteiger partial charge in [-0.1, -0.05) is 30.3 Å². The van der Waals surface area contributed by atoms with Crippen LogP contribution in [-0.4, -0.2) is 22.0 Å². The number of carbonyl (C=O) groups is 1. The molecule has 2 aromatic heterocycles. The minimum absolute atomic E-state index is 0.219. The number of furan rings is 1. The lowest BCUT2D eigenvalue weighted by atomic mass is 10.2. The van der Waals surface area contributed by atoms with Gasteiger partial charge in [-0.15, -0.1) is 0 Å². The van der Waals surface area contributed by atoms with Crippen LogP contribution in [-0.2, 0) is 13.0 Å². The Hall–Kier alpha value is -3.67. The van der Waals surface area contributed by atoms with E-state index in [2.05, 4.69) is 27.0 Å². The zero-order chi connectivity index (χ0) is 20.1. The summed E-state index contributed by atoms with van der Waals surface area (Å²) in [6, 6.07) is 19.4. The standard InChI is InChI=1S/C23H20FN3O2/c24-19-8-6-18(7-9-19)20-10-11-21(29-20)23(28)26-13-12-22-25-14-15-27(22)16-17-4-2-1-3-5-17/h1-11,14-15H,12-13,16H2,(H,26,28). The molecule has 5 nitrogen and oxygen atoms in total. The zero-order valence-corrected chi connectivity index (χ0v) is 15.7. The van der Waals surface area contributed by atoms with E-state index in [1.165, 1.54) is 17.7 Å². The summed E-state index contributed by atoms with van der Waals surface area (Å²) in [7, 11) is 0. The molecule has 6 heteroatoms. The molecule has 4 aromatic rings. The van der Waals surface area contributed by atoms with E-state index in [0.29, 0.717) is 24.3 Å². The summed E-state index contributed by atoms with van der Waals surface area (Å²) >= 11 is 0. The predicted octanol–water partition coefficient (Wildman–Crippen LogP) is 4.30. The molecule has 1 amide bonds. The minimum Gasteiger partial charge on any atom is -0.451 e. The molecule has 0 aliphatic carbocycles. The topological polar surface area (TPSA) is 60.1 Å². The highest BCUT2D eigenvalue weighted by Gasteiger charge is 2.12. The fourth-order valence-electron chi connectivity index (χ4n) is 3.10. The van der Waals surface area contributed by atoms with Crippen LogP contribution in [0.3, 0.4) is 0 Å². The van der Waals surface area contributed by atoms with E-state index in [4.69, 9.17) is 4.42 Å². The Kier molecular flexibility index (Phi) is 5.52. The van der Waals surface area contributed by atoms with Crippen LogP contribution in [0.4, 0.5) is 4.39 Å². The first-order valence-electron chi connectivity index (χ1n) is 9.37.